The number of amides is 2. The highest BCUT2D eigenvalue weighted by Gasteiger charge is 2.38. The minimum absolute atomic E-state index is 0.0929. The third-order valence-electron chi connectivity index (χ3n) is 5.23. The van der Waals surface area contributed by atoms with E-state index < -0.39 is 11.9 Å². The average molecular weight is 469 g/mol. The SMILES string of the molecule is CN(C)/C=C/C(=O)Nc1cccc(-n2cc(-c3ccc4c(c3)CCNC4=O)c(C(F)(F)F)n2)c1. The number of benzene rings is 2. The Hall–Kier alpha value is -4.08. The summed E-state index contributed by atoms with van der Waals surface area (Å²) in [6, 6.07) is 11.0. The van der Waals surface area contributed by atoms with Crippen LogP contribution in [0.15, 0.2) is 60.9 Å². The predicted molar refractivity (Wildman–Crippen MR) is 121 cm³/mol. The fourth-order valence-corrected chi connectivity index (χ4v) is 3.65. The summed E-state index contributed by atoms with van der Waals surface area (Å²) in [5.74, 6) is -0.611. The maximum atomic E-state index is 13.9. The van der Waals surface area contributed by atoms with Crippen LogP contribution in [0.3, 0.4) is 0 Å². The first kappa shape index (κ1) is 23.1. The summed E-state index contributed by atoms with van der Waals surface area (Å²) in [6.07, 6.45) is 0.0823. The molecular weight excluding hydrogens is 447 g/mol. The van der Waals surface area contributed by atoms with Gasteiger partial charge >= 0.3 is 6.18 Å². The van der Waals surface area contributed by atoms with Crippen LogP contribution in [0.5, 0.6) is 0 Å². The molecule has 0 aliphatic carbocycles. The van der Waals surface area contributed by atoms with Crippen molar-refractivity contribution < 1.29 is 22.8 Å². The molecule has 0 spiro atoms. The van der Waals surface area contributed by atoms with Gasteiger partial charge in [-0.1, -0.05) is 18.2 Å². The zero-order valence-corrected chi connectivity index (χ0v) is 18.5. The van der Waals surface area contributed by atoms with Crippen LogP contribution in [0.4, 0.5) is 18.9 Å². The molecule has 0 saturated heterocycles. The fourth-order valence-electron chi connectivity index (χ4n) is 3.65. The van der Waals surface area contributed by atoms with E-state index in [0.717, 1.165) is 4.68 Å². The van der Waals surface area contributed by atoms with E-state index in [0.29, 0.717) is 41.0 Å². The monoisotopic (exact) mass is 469 g/mol. The van der Waals surface area contributed by atoms with Crippen molar-refractivity contribution in [3.05, 3.63) is 77.8 Å². The maximum Gasteiger partial charge on any atom is 0.435 e. The first-order chi connectivity index (χ1) is 16.1. The van der Waals surface area contributed by atoms with Gasteiger partial charge in [0.25, 0.3) is 5.91 Å². The van der Waals surface area contributed by atoms with Gasteiger partial charge in [-0.15, -0.1) is 0 Å². The number of hydrogen-bond acceptors (Lipinski definition) is 4. The summed E-state index contributed by atoms with van der Waals surface area (Å²) in [5.41, 5.74) is 1.12. The molecule has 0 bridgehead atoms. The average Bonchev–Trinajstić information content (AvgIpc) is 3.24. The number of fused-ring (bicyclic) bond motifs is 1. The van der Waals surface area contributed by atoms with Crippen LogP contribution < -0.4 is 10.6 Å². The molecule has 7 nitrogen and oxygen atoms in total. The molecule has 10 heteroatoms. The lowest BCUT2D eigenvalue weighted by molar-refractivity contribution is -0.140. The van der Waals surface area contributed by atoms with Gasteiger partial charge in [0, 0.05) is 55.9 Å². The van der Waals surface area contributed by atoms with Gasteiger partial charge in [0.1, 0.15) is 0 Å². The molecule has 0 unspecified atom stereocenters. The van der Waals surface area contributed by atoms with Crippen LogP contribution in [-0.4, -0.2) is 47.1 Å². The van der Waals surface area contributed by atoms with Gasteiger partial charge in [0.05, 0.1) is 5.69 Å². The quantitative estimate of drug-likeness (QED) is 0.557. The second-order valence-corrected chi connectivity index (χ2v) is 8.03. The molecule has 2 aromatic carbocycles. The number of alkyl halides is 3. The standard InChI is InChI=1S/C24H22F3N5O2/c1-31(2)11-9-21(33)29-17-4-3-5-18(13-17)32-14-20(22(30-32)24(25,26)27)15-6-7-19-16(12-15)8-10-28-23(19)34/h3-7,9,11-14H,8,10H2,1-2H3,(H,28,34)(H,29,33)/b11-9+. The van der Waals surface area contributed by atoms with Gasteiger partial charge in [-0.2, -0.15) is 18.3 Å². The molecule has 4 rings (SSSR count). The first-order valence-corrected chi connectivity index (χ1v) is 10.5. The lowest BCUT2D eigenvalue weighted by Crippen LogP contribution is -2.31. The molecular formula is C24H22F3N5O2. The number of anilines is 1. The van der Waals surface area contributed by atoms with Crippen molar-refractivity contribution in [1.29, 1.82) is 0 Å². The number of carbonyl (C=O) groups is 2. The summed E-state index contributed by atoms with van der Waals surface area (Å²) >= 11 is 0. The van der Waals surface area contributed by atoms with Crippen molar-refractivity contribution in [3.63, 3.8) is 0 Å². The molecule has 1 aromatic heterocycles. The lowest BCUT2D eigenvalue weighted by Gasteiger charge is -2.17. The van der Waals surface area contributed by atoms with Crippen LogP contribution in [0.25, 0.3) is 16.8 Å². The predicted octanol–water partition coefficient (Wildman–Crippen LogP) is 3.86. The Morgan fingerprint density at radius 3 is 2.71 bits per heavy atom. The van der Waals surface area contributed by atoms with Crippen molar-refractivity contribution in [1.82, 2.24) is 20.0 Å². The number of rotatable bonds is 5. The highest BCUT2D eigenvalue weighted by atomic mass is 19.4. The summed E-state index contributed by atoms with van der Waals surface area (Å²) < 4.78 is 42.7. The Morgan fingerprint density at radius 1 is 1.18 bits per heavy atom. The normalized spacial score (nSPS) is 13.5. The minimum Gasteiger partial charge on any atom is -0.383 e. The van der Waals surface area contributed by atoms with Crippen LogP contribution in [0.2, 0.25) is 0 Å². The number of nitrogens with zero attached hydrogens (tertiary/aromatic N) is 3. The molecule has 0 saturated carbocycles. The van der Waals surface area contributed by atoms with Crippen LogP contribution in [0, 0.1) is 0 Å². The van der Waals surface area contributed by atoms with Crippen LogP contribution in [-0.2, 0) is 17.4 Å². The fraction of sp³-hybridized carbons (Fsp3) is 0.208. The third-order valence-corrected chi connectivity index (χ3v) is 5.23. The van der Waals surface area contributed by atoms with Gasteiger partial charge in [0.15, 0.2) is 5.69 Å². The molecule has 1 aliphatic rings. The first-order valence-electron chi connectivity index (χ1n) is 10.5. The molecule has 3 aromatic rings. The summed E-state index contributed by atoms with van der Waals surface area (Å²) in [5, 5.41) is 9.21. The number of nitrogens with one attached hydrogen (secondary N) is 2. The number of carbonyl (C=O) groups excluding carboxylic acids is 2. The molecule has 0 atom stereocenters. The molecule has 0 radical (unpaired) electrons. The van der Waals surface area contributed by atoms with Crippen LogP contribution in [0.1, 0.15) is 21.6 Å². The summed E-state index contributed by atoms with van der Waals surface area (Å²) in [7, 11) is 3.55. The van der Waals surface area contributed by atoms with Crippen molar-refractivity contribution >= 4 is 17.5 Å². The van der Waals surface area contributed by atoms with Gasteiger partial charge < -0.3 is 15.5 Å². The third kappa shape index (κ3) is 4.95. The summed E-state index contributed by atoms with van der Waals surface area (Å²) in [6.45, 7) is 0.433. The zero-order chi connectivity index (χ0) is 24.5. The number of hydrogen-bond donors (Lipinski definition) is 2. The molecule has 34 heavy (non-hydrogen) atoms. The van der Waals surface area contributed by atoms with E-state index in [1.165, 1.54) is 30.5 Å². The van der Waals surface area contributed by atoms with Crippen molar-refractivity contribution in [3.8, 4) is 16.8 Å². The van der Waals surface area contributed by atoms with Crippen molar-refractivity contribution in [2.45, 2.75) is 12.6 Å². The maximum absolute atomic E-state index is 13.9. The molecule has 2 amide bonds. The van der Waals surface area contributed by atoms with E-state index in [9.17, 15) is 22.8 Å². The molecule has 2 heterocycles. The number of aromatic nitrogens is 2. The second kappa shape index (κ2) is 9.05. The van der Waals surface area contributed by atoms with Gasteiger partial charge in [0.2, 0.25) is 5.91 Å². The van der Waals surface area contributed by atoms with Gasteiger partial charge in [-0.25, -0.2) is 4.68 Å². The van der Waals surface area contributed by atoms with Crippen molar-refractivity contribution in [2.24, 2.45) is 0 Å². The zero-order valence-electron chi connectivity index (χ0n) is 18.5. The lowest BCUT2D eigenvalue weighted by atomic mass is 9.95. The van der Waals surface area contributed by atoms with Gasteiger partial charge in [-0.3, -0.25) is 9.59 Å². The van der Waals surface area contributed by atoms with E-state index in [1.807, 2.05) is 0 Å². The Bertz CT molecular complexity index is 1280. The minimum atomic E-state index is -4.68. The van der Waals surface area contributed by atoms with E-state index in [2.05, 4.69) is 15.7 Å². The molecule has 0 fully saturated rings. The largest absolute Gasteiger partial charge is 0.435 e. The highest BCUT2D eigenvalue weighted by molar-refractivity contribution is 5.99. The summed E-state index contributed by atoms with van der Waals surface area (Å²) in [4.78, 5) is 25.7. The van der Waals surface area contributed by atoms with E-state index in [-0.39, 0.29) is 17.4 Å². The molecule has 2 N–H and O–H groups in total. The van der Waals surface area contributed by atoms with E-state index >= 15 is 0 Å². The van der Waals surface area contributed by atoms with Crippen molar-refractivity contribution in [2.75, 3.05) is 26.0 Å². The Kier molecular flexibility index (Phi) is 6.14. The Labute approximate surface area is 193 Å². The highest BCUT2D eigenvalue weighted by Crippen LogP contribution is 2.37. The van der Waals surface area contributed by atoms with Crippen LogP contribution >= 0.6 is 0 Å². The Morgan fingerprint density at radius 2 is 1.97 bits per heavy atom. The molecule has 176 valence electrons. The van der Waals surface area contributed by atoms with E-state index in [1.54, 1.807) is 49.5 Å². The Balaban J connectivity index is 1.70. The second-order valence-electron chi connectivity index (χ2n) is 8.03. The number of halogens is 3. The van der Waals surface area contributed by atoms with Gasteiger partial charge in [-0.05, 0) is 41.8 Å². The molecule has 1 aliphatic heterocycles. The smallest absolute Gasteiger partial charge is 0.383 e. The topological polar surface area (TPSA) is 79.3 Å². The van der Waals surface area contributed by atoms with E-state index in [4.69, 9.17) is 0 Å².